The molecule has 0 amide bonds. The first-order valence-electron chi connectivity index (χ1n) is 21.5. The number of unbranched alkanes of at least 4 members (excludes halogenated alkanes) is 5. The first kappa shape index (κ1) is 55.1. The normalized spacial score (nSPS) is 15.5. The van der Waals surface area contributed by atoms with Gasteiger partial charge in [-0.15, -0.1) is 0 Å². The molecule has 0 saturated carbocycles. The second-order valence-electron chi connectivity index (χ2n) is 15.3. The van der Waals surface area contributed by atoms with Gasteiger partial charge < -0.3 is 29.1 Å². The highest BCUT2D eigenvalue weighted by Crippen LogP contribution is 2.43. The molecule has 332 valence electrons. The van der Waals surface area contributed by atoms with E-state index in [9.17, 15) is 29.3 Å². The van der Waals surface area contributed by atoms with Crippen LogP contribution in [0, 0.1) is 0 Å². The second-order valence-corrected chi connectivity index (χ2v) is 16.8. The minimum Gasteiger partial charge on any atom is -0.462 e. The lowest BCUT2D eigenvalue weighted by Gasteiger charge is -2.24. The number of aliphatic hydroxyl groups is 2. The predicted octanol–water partition coefficient (Wildman–Crippen LogP) is 9.96. The number of rotatable bonds is 37. The van der Waals surface area contributed by atoms with Crippen LogP contribution in [-0.2, 0) is 32.7 Å². The van der Waals surface area contributed by atoms with Crippen molar-refractivity contribution in [1.29, 1.82) is 0 Å². The van der Waals surface area contributed by atoms with Crippen LogP contribution < -0.4 is 0 Å². The number of phosphoric acid groups is 1. The zero-order valence-electron chi connectivity index (χ0n) is 36.5. The van der Waals surface area contributed by atoms with Gasteiger partial charge in [-0.2, -0.15) is 0 Å². The number of carbonyl (C=O) groups excluding carboxylic acids is 2. The summed E-state index contributed by atoms with van der Waals surface area (Å²) in [6.07, 6.45) is 39.5. The van der Waals surface area contributed by atoms with Crippen LogP contribution in [0.25, 0.3) is 0 Å². The smallest absolute Gasteiger partial charge is 0.462 e. The summed E-state index contributed by atoms with van der Waals surface area (Å²) < 4.78 is 34.0. The van der Waals surface area contributed by atoms with Gasteiger partial charge in [-0.1, -0.05) is 112 Å². The third-order valence-electron chi connectivity index (χ3n) is 8.61. The summed E-state index contributed by atoms with van der Waals surface area (Å²) in [6, 6.07) is 0. The molecule has 58 heavy (non-hydrogen) atoms. The van der Waals surface area contributed by atoms with Crippen molar-refractivity contribution in [2.24, 2.45) is 0 Å². The molecule has 4 atom stereocenters. The molecule has 0 aromatic rings. The largest absolute Gasteiger partial charge is 0.472 e. The van der Waals surface area contributed by atoms with Gasteiger partial charge in [0.15, 0.2) is 6.10 Å². The van der Waals surface area contributed by atoms with Crippen LogP contribution in [0.4, 0.5) is 0 Å². The van der Waals surface area contributed by atoms with E-state index < -0.39 is 44.7 Å². The number of nitrogens with zero attached hydrogens (tertiary/aromatic N) is 1. The summed E-state index contributed by atoms with van der Waals surface area (Å²) in [7, 11) is 1.26. The zero-order valence-corrected chi connectivity index (χ0v) is 37.4. The van der Waals surface area contributed by atoms with Gasteiger partial charge in [0.2, 0.25) is 0 Å². The van der Waals surface area contributed by atoms with Crippen LogP contribution in [-0.4, -0.2) is 97.3 Å². The van der Waals surface area contributed by atoms with Gasteiger partial charge in [-0.25, -0.2) is 4.57 Å². The third-order valence-corrected chi connectivity index (χ3v) is 9.59. The molecule has 0 aliphatic heterocycles. The average Bonchev–Trinajstić information content (AvgIpc) is 3.17. The molecule has 0 aliphatic carbocycles. The number of likely N-dealkylation sites (N-methyl/N-ethyl adjacent to an activating group) is 1. The Balaban J connectivity index is 4.72. The van der Waals surface area contributed by atoms with E-state index in [-0.39, 0.29) is 45.3 Å². The topological polar surface area (TPSA) is 149 Å². The van der Waals surface area contributed by atoms with E-state index in [0.29, 0.717) is 17.4 Å². The van der Waals surface area contributed by atoms with Crippen LogP contribution in [0.2, 0.25) is 0 Å². The third kappa shape index (κ3) is 38.6. The lowest BCUT2D eigenvalue weighted by atomic mass is 10.0. The SMILES string of the molecule is CC/C=C\C/C=C\C/C=C\C/C=C\C[C@@H](O)[C@H](O)CCCC(=O)O[C@H](COC(=O)CCCC/C=C\C/C=C\C/C=C\CCCCC)COP(=O)(O)OCC[N+](C)(C)C. The van der Waals surface area contributed by atoms with E-state index in [1.165, 1.54) is 19.3 Å². The number of allylic oxidation sites excluding steroid dienone is 13. The van der Waals surface area contributed by atoms with Crippen LogP contribution in [0.15, 0.2) is 85.1 Å². The van der Waals surface area contributed by atoms with Crippen molar-refractivity contribution in [3.05, 3.63) is 85.1 Å². The molecule has 0 rings (SSSR count). The lowest BCUT2D eigenvalue weighted by Crippen LogP contribution is -2.37. The monoisotopic (exact) mass is 837 g/mol. The predicted molar refractivity (Wildman–Crippen MR) is 236 cm³/mol. The molecule has 0 bridgehead atoms. The maximum Gasteiger partial charge on any atom is 0.472 e. The van der Waals surface area contributed by atoms with Gasteiger partial charge in [0.1, 0.15) is 19.8 Å². The van der Waals surface area contributed by atoms with Crippen molar-refractivity contribution in [1.82, 2.24) is 0 Å². The Labute approximate surface area is 351 Å². The van der Waals surface area contributed by atoms with Crippen LogP contribution in [0.1, 0.15) is 129 Å². The van der Waals surface area contributed by atoms with E-state index in [1.807, 2.05) is 39.4 Å². The zero-order chi connectivity index (χ0) is 43.2. The highest BCUT2D eigenvalue weighted by molar-refractivity contribution is 7.47. The summed E-state index contributed by atoms with van der Waals surface area (Å²) in [5, 5.41) is 20.8. The average molecular weight is 837 g/mol. The van der Waals surface area contributed by atoms with Gasteiger partial charge >= 0.3 is 19.8 Å². The number of hydrogen-bond donors (Lipinski definition) is 3. The van der Waals surface area contributed by atoms with Crippen molar-refractivity contribution < 1.29 is 52.3 Å². The molecule has 0 aliphatic rings. The van der Waals surface area contributed by atoms with E-state index in [1.54, 1.807) is 0 Å². The Morgan fingerprint density at radius 1 is 0.621 bits per heavy atom. The minimum absolute atomic E-state index is 0.0318. The van der Waals surface area contributed by atoms with Crippen molar-refractivity contribution in [2.45, 2.75) is 148 Å². The molecule has 0 aromatic carbocycles. The molecular weight excluding hydrogens is 757 g/mol. The quantitative estimate of drug-likeness (QED) is 0.0182. The highest BCUT2D eigenvalue weighted by Gasteiger charge is 2.27. The summed E-state index contributed by atoms with van der Waals surface area (Å²) in [6.45, 7) is 3.86. The Bertz CT molecular complexity index is 1300. The molecule has 11 nitrogen and oxygen atoms in total. The standard InChI is InChI=1S/C46H78NO10P/c1-6-8-10-12-14-16-18-20-21-22-24-26-28-30-32-36-45(50)54-40-42(41-56-58(52,53)55-39-38-47(3,4)5)57-46(51)37-33-35-44(49)43(48)34-31-29-27-25-23-19-17-15-13-11-9-7-2/h9,11,14-17,20-21,23-26,29,31,42-44,48-49H,6-8,10,12-13,18-19,22,27-28,30,32-41H2,1-5H3/p+1/b11-9-,16-14-,17-15-,21-20-,25-23-,26-24-,31-29-/t42-,43-,44-/m1/s1. The molecule has 3 N–H and O–H groups in total. The van der Waals surface area contributed by atoms with Gasteiger partial charge in [0, 0.05) is 12.8 Å². The van der Waals surface area contributed by atoms with Gasteiger partial charge in [-0.05, 0) is 89.9 Å². The minimum atomic E-state index is -4.47. The molecular formula is C46H79NO10P+. The summed E-state index contributed by atoms with van der Waals surface area (Å²) in [4.78, 5) is 35.4. The van der Waals surface area contributed by atoms with Gasteiger partial charge in [-0.3, -0.25) is 18.6 Å². The van der Waals surface area contributed by atoms with E-state index in [4.69, 9.17) is 18.5 Å². The second kappa shape index (κ2) is 37.1. The summed E-state index contributed by atoms with van der Waals surface area (Å²) in [5.41, 5.74) is 0. The fraction of sp³-hybridized carbons (Fsp3) is 0.652. The Morgan fingerprint density at radius 3 is 1.69 bits per heavy atom. The molecule has 0 spiro atoms. The molecule has 0 heterocycles. The fourth-order valence-corrected chi connectivity index (χ4v) is 5.85. The van der Waals surface area contributed by atoms with E-state index in [2.05, 4.69) is 80.7 Å². The number of esters is 2. The van der Waals surface area contributed by atoms with Crippen molar-refractivity contribution in [3.8, 4) is 0 Å². The van der Waals surface area contributed by atoms with Crippen LogP contribution in [0.3, 0.4) is 0 Å². The highest BCUT2D eigenvalue weighted by atomic mass is 31.2. The molecule has 0 saturated heterocycles. The molecule has 0 radical (unpaired) electrons. The van der Waals surface area contributed by atoms with Crippen molar-refractivity contribution in [3.63, 3.8) is 0 Å². The maximum atomic E-state index is 12.7. The molecule has 0 fully saturated rings. The number of aliphatic hydroxyl groups excluding tert-OH is 2. The van der Waals surface area contributed by atoms with Crippen LogP contribution >= 0.6 is 7.82 Å². The number of ether oxygens (including phenoxy) is 2. The fourth-order valence-electron chi connectivity index (χ4n) is 5.11. The first-order chi connectivity index (χ1) is 27.8. The summed E-state index contributed by atoms with van der Waals surface area (Å²) >= 11 is 0. The van der Waals surface area contributed by atoms with Gasteiger partial charge in [0.25, 0.3) is 0 Å². The Morgan fingerprint density at radius 2 is 1.14 bits per heavy atom. The lowest BCUT2D eigenvalue weighted by molar-refractivity contribution is -0.870. The number of quaternary nitrogens is 1. The molecule has 0 aromatic heterocycles. The molecule has 12 heteroatoms. The van der Waals surface area contributed by atoms with E-state index >= 15 is 0 Å². The van der Waals surface area contributed by atoms with Crippen molar-refractivity contribution in [2.75, 3.05) is 47.5 Å². The Hall–Kier alpha value is -2.89. The first-order valence-corrected chi connectivity index (χ1v) is 23.0. The maximum absolute atomic E-state index is 12.7. The Kier molecular flexibility index (Phi) is 35.3. The number of phosphoric ester groups is 1. The summed E-state index contributed by atoms with van der Waals surface area (Å²) in [5.74, 6) is -1.14. The number of hydrogen-bond acceptors (Lipinski definition) is 9. The van der Waals surface area contributed by atoms with Crippen LogP contribution in [0.5, 0.6) is 0 Å². The van der Waals surface area contributed by atoms with E-state index in [0.717, 1.165) is 57.8 Å². The van der Waals surface area contributed by atoms with Gasteiger partial charge in [0.05, 0.1) is 40.0 Å². The number of carbonyl (C=O) groups is 2. The molecule has 1 unspecified atom stereocenters. The van der Waals surface area contributed by atoms with Crippen molar-refractivity contribution >= 4 is 19.8 Å².